The van der Waals surface area contributed by atoms with E-state index in [-0.39, 0.29) is 0 Å². The van der Waals surface area contributed by atoms with E-state index in [1.54, 1.807) is 7.11 Å². The molecule has 0 saturated heterocycles. The number of hydrogen-bond acceptors (Lipinski definition) is 4. The molecule has 0 aliphatic heterocycles. The van der Waals surface area contributed by atoms with E-state index in [2.05, 4.69) is 5.16 Å². The molecule has 0 unspecified atom stereocenters. The summed E-state index contributed by atoms with van der Waals surface area (Å²) in [4.78, 5) is 0. The maximum atomic E-state index is 5.45. The van der Waals surface area contributed by atoms with Crippen LogP contribution in [0, 0.1) is 0 Å². The normalized spacial score (nSPS) is 10.5. The highest BCUT2D eigenvalue weighted by Crippen LogP contribution is 2.23. The average molecular weight is 232 g/mol. The Labute approximate surface area is 100 Å². The van der Waals surface area contributed by atoms with E-state index in [9.17, 15) is 0 Å². The van der Waals surface area contributed by atoms with Crippen molar-refractivity contribution in [1.82, 2.24) is 5.16 Å². The second-order valence-electron chi connectivity index (χ2n) is 3.80. The third kappa shape index (κ3) is 2.85. The molecule has 2 N–H and O–H groups in total. The van der Waals surface area contributed by atoms with Gasteiger partial charge in [0.15, 0.2) is 5.76 Å². The molecule has 2 aromatic rings. The number of nitrogens with zero attached hydrogens (tertiary/aromatic N) is 1. The molecule has 0 aliphatic rings. The smallest absolute Gasteiger partial charge is 0.167 e. The van der Waals surface area contributed by atoms with Gasteiger partial charge in [-0.05, 0) is 43.7 Å². The van der Waals surface area contributed by atoms with E-state index in [4.69, 9.17) is 15.0 Å². The summed E-state index contributed by atoms with van der Waals surface area (Å²) < 4.78 is 10.4. The second-order valence-corrected chi connectivity index (χ2v) is 3.80. The van der Waals surface area contributed by atoms with Crippen LogP contribution in [0.15, 0.2) is 34.9 Å². The molecule has 0 amide bonds. The molecule has 4 heteroatoms. The molecule has 90 valence electrons. The van der Waals surface area contributed by atoms with Gasteiger partial charge in [-0.2, -0.15) is 0 Å². The Morgan fingerprint density at radius 1 is 1.29 bits per heavy atom. The van der Waals surface area contributed by atoms with Gasteiger partial charge in [0, 0.05) is 11.6 Å². The van der Waals surface area contributed by atoms with Gasteiger partial charge in [-0.1, -0.05) is 5.16 Å². The molecule has 0 radical (unpaired) electrons. The van der Waals surface area contributed by atoms with E-state index < -0.39 is 0 Å². The first-order chi connectivity index (χ1) is 8.33. The summed E-state index contributed by atoms with van der Waals surface area (Å²) in [5.74, 6) is 1.61. The fourth-order valence-corrected chi connectivity index (χ4v) is 1.60. The fourth-order valence-electron chi connectivity index (χ4n) is 1.60. The first kappa shape index (κ1) is 11.7. The topological polar surface area (TPSA) is 61.3 Å². The molecule has 0 atom stereocenters. The van der Waals surface area contributed by atoms with Crippen molar-refractivity contribution < 1.29 is 9.26 Å². The van der Waals surface area contributed by atoms with E-state index in [0.29, 0.717) is 6.54 Å². The minimum atomic E-state index is 0.671. The van der Waals surface area contributed by atoms with Crippen molar-refractivity contribution in [2.75, 3.05) is 13.7 Å². The van der Waals surface area contributed by atoms with Crippen molar-refractivity contribution in [3.8, 4) is 17.1 Å². The van der Waals surface area contributed by atoms with E-state index >= 15 is 0 Å². The van der Waals surface area contributed by atoms with E-state index in [0.717, 1.165) is 35.6 Å². The first-order valence-electron chi connectivity index (χ1n) is 5.63. The molecular formula is C13H16N2O2. The van der Waals surface area contributed by atoms with Gasteiger partial charge < -0.3 is 15.0 Å². The summed E-state index contributed by atoms with van der Waals surface area (Å²) in [5, 5.41) is 4.01. The number of methoxy groups -OCH3 is 1. The molecule has 0 spiro atoms. The fraction of sp³-hybridized carbons (Fsp3) is 0.308. The largest absolute Gasteiger partial charge is 0.497 e. The highest BCUT2D eigenvalue weighted by Gasteiger charge is 2.06. The van der Waals surface area contributed by atoms with Gasteiger partial charge in [-0.25, -0.2) is 0 Å². The van der Waals surface area contributed by atoms with Gasteiger partial charge in [0.05, 0.1) is 12.8 Å². The van der Waals surface area contributed by atoms with Gasteiger partial charge in [0.25, 0.3) is 0 Å². The highest BCUT2D eigenvalue weighted by atomic mass is 16.5. The number of aromatic nitrogens is 1. The maximum absolute atomic E-state index is 5.45. The van der Waals surface area contributed by atoms with Crippen LogP contribution in [0.3, 0.4) is 0 Å². The number of aryl methyl sites for hydroxylation is 1. The maximum Gasteiger partial charge on any atom is 0.167 e. The molecule has 4 nitrogen and oxygen atoms in total. The molecule has 1 aromatic carbocycles. The molecule has 1 heterocycles. The van der Waals surface area contributed by atoms with Crippen LogP contribution in [0.4, 0.5) is 0 Å². The van der Waals surface area contributed by atoms with Gasteiger partial charge in [0.2, 0.25) is 0 Å². The molecule has 0 aliphatic carbocycles. The van der Waals surface area contributed by atoms with Crippen LogP contribution in [0.5, 0.6) is 5.75 Å². The molecule has 17 heavy (non-hydrogen) atoms. The summed E-state index contributed by atoms with van der Waals surface area (Å²) in [7, 11) is 1.65. The lowest BCUT2D eigenvalue weighted by atomic mass is 10.1. The summed E-state index contributed by atoms with van der Waals surface area (Å²) >= 11 is 0. The number of rotatable bonds is 5. The lowest BCUT2D eigenvalue weighted by Crippen LogP contribution is -2.00. The molecule has 1 aromatic heterocycles. The number of ether oxygens (including phenoxy) is 1. The molecule has 2 rings (SSSR count). The second kappa shape index (κ2) is 5.50. The lowest BCUT2D eigenvalue weighted by molar-refractivity contribution is 0.414. The third-order valence-electron chi connectivity index (χ3n) is 2.57. The summed E-state index contributed by atoms with van der Waals surface area (Å²) in [6, 6.07) is 9.66. The van der Waals surface area contributed by atoms with Crippen LogP contribution in [0.2, 0.25) is 0 Å². The van der Waals surface area contributed by atoms with Crippen molar-refractivity contribution in [2.24, 2.45) is 5.73 Å². The van der Waals surface area contributed by atoms with Gasteiger partial charge in [-0.15, -0.1) is 0 Å². The zero-order valence-corrected chi connectivity index (χ0v) is 9.85. The molecule has 0 fully saturated rings. The van der Waals surface area contributed by atoms with Crippen LogP contribution in [-0.4, -0.2) is 18.8 Å². The minimum Gasteiger partial charge on any atom is -0.497 e. The van der Waals surface area contributed by atoms with Crippen LogP contribution in [0.1, 0.15) is 12.1 Å². The van der Waals surface area contributed by atoms with Crippen molar-refractivity contribution in [3.63, 3.8) is 0 Å². The summed E-state index contributed by atoms with van der Waals surface area (Å²) in [6.07, 6.45) is 1.78. The molecule has 0 bridgehead atoms. The van der Waals surface area contributed by atoms with E-state index in [1.165, 1.54) is 0 Å². The van der Waals surface area contributed by atoms with Crippen LogP contribution in [0.25, 0.3) is 11.3 Å². The van der Waals surface area contributed by atoms with Crippen LogP contribution >= 0.6 is 0 Å². The quantitative estimate of drug-likeness (QED) is 0.858. The lowest BCUT2D eigenvalue weighted by Gasteiger charge is -1.99. The Morgan fingerprint density at radius 3 is 2.71 bits per heavy atom. The number of hydrogen-bond donors (Lipinski definition) is 1. The Hall–Kier alpha value is -1.81. The Balaban J connectivity index is 2.12. The predicted molar refractivity (Wildman–Crippen MR) is 65.9 cm³/mol. The predicted octanol–water partition coefficient (Wildman–Crippen LogP) is 2.24. The van der Waals surface area contributed by atoms with Gasteiger partial charge in [0.1, 0.15) is 5.75 Å². The first-order valence-corrected chi connectivity index (χ1v) is 5.63. The van der Waals surface area contributed by atoms with Crippen molar-refractivity contribution in [1.29, 1.82) is 0 Å². The SMILES string of the molecule is COc1ccc(-c2cc(CCCN)no2)cc1. The summed E-state index contributed by atoms with van der Waals surface area (Å²) in [6.45, 7) is 0.671. The van der Waals surface area contributed by atoms with Crippen molar-refractivity contribution in [2.45, 2.75) is 12.8 Å². The monoisotopic (exact) mass is 232 g/mol. The van der Waals surface area contributed by atoms with Crippen molar-refractivity contribution in [3.05, 3.63) is 36.0 Å². The zero-order chi connectivity index (χ0) is 12.1. The number of nitrogens with two attached hydrogens (primary N) is 1. The van der Waals surface area contributed by atoms with Gasteiger partial charge >= 0.3 is 0 Å². The van der Waals surface area contributed by atoms with Crippen LogP contribution < -0.4 is 10.5 Å². The Kier molecular flexibility index (Phi) is 3.77. The van der Waals surface area contributed by atoms with Gasteiger partial charge in [-0.3, -0.25) is 0 Å². The standard InChI is InChI=1S/C13H16N2O2/c1-16-12-6-4-10(5-7-12)13-9-11(15-17-13)3-2-8-14/h4-7,9H,2-3,8,14H2,1H3. The zero-order valence-electron chi connectivity index (χ0n) is 9.85. The number of benzene rings is 1. The minimum absolute atomic E-state index is 0.671. The Bertz CT molecular complexity index is 463. The van der Waals surface area contributed by atoms with Crippen molar-refractivity contribution >= 4 is 0 Å². The molecular weight excluding hydrogens is 216 g/mol. The Morgan fingerprint density at radius 2 is 2.06 bits per heavy atom. The average Bonchev–Trinajstić information content (AvgIpc) is 2.85. The van der Waals surface area contributed by atoms with Crippen LogP contribution in [-0.2, 0) is 6.42 Å². The third-order valence-corrected chi connectivity index (χ3v) is 2.57. The van der Waals surface area contributed by atoms with E-state index in [1.807, 2.05) is 30.3 Å². The highest BCUT2D eigenvalue weighted by molar-refractivity contribution is 5.58. The summed E-state index contributed by atoms with van der Waals surface area (Å²) in [5.41, 5.74) is 7.40. The molecule has 0 saturated carbocycles.